The fraction of sp³-hybridized carbons (Fsp3) is 0.100. The quantitative estimate of drug-likeness (QED) is 0.217. The minimum Gasteiger partial charge on any atom is -0.359 e. The molecule has 0 fully saturated rings. The number of alkyl halides is 3. The van der Waals surface area contributed by atoms with Crippen molar-refractivity contribution in [3.63, 3.8) is 0 Å². The van der Waals surface area contributed by atoms with Gasteiger partial charge in [-0.25, -0.2) is 9.38 Å². The van der Waals surface area contributed by atoms with Crippen LogP contribution in [-0.2, 0) is 0 Å². The summed E-state index contributed by atoms with van der Waals surface area (Å²) in [6.45, 7) is 0. The number of rotatable bonds is 6. The van der Waals surface area contributed by atoms with Crippen LogP contribution in [0.5, 0.6) is 0 Å². The van der Waals surface area contributed by atoms with Crippen molar-refractivity contribution >= 4 is 57.7 Å². The molecule has 1 N–H and O–H groups in total. The summed E-state index contributed by atoms with van der Waals surface area (Å²) < 4.78 is 61.0. The second-order valence-electron chi connectivity index (χ2n) is 6.26. The lowest BCUT2D eigenvalue weighted by Crippen LogP contribution is -2.30. The van der Waals surface area contributed by atoms with Gasteiger partial charge in [0, 0.05) is 11.2 Å². The standard InChI is InChI=1S/C20H10Cl3F4N3O2/c21-9-3-1-4-10(7-9)29-18(20(25,26)27)11(8-28)17-15(19(23)31)16(30-32-17)14-12(22)5-2-6-13(14)24/h1-8,11,28H. The van der Waals surface area contributed by atoms with E-state index < -0.39 is 51.4 Å². The Morgan fingerprint density at radius 3 is 2.44 bits per heavy atom. The minimum absolute atomic E-state index is 0.131. The van der Waals surface area contributed by atoms with E-state index in [0.717, 1.165) is 6.07 Å². The molecule has 32 heavy (non-hydrogen) atoms. The third kappa shape index (κ3) is 4.85. The second-order valence-corrected chi connectivity index (χ2v) is 7.45. The monoisotopic (exact) mass is 505 g/mol. The molecule has 3 rings (SSSR count). The topological polar surface area (TPSA) is 79.3 Å². The Kier molecular flexibility index (Phi) is 7.02. The van der Waals surface area contributed by atoms with Gasteiger partial charge in [0.1, 0.15) is 28.7 Å². The van der Waals surface area contributed by atoms with Crippen LogP contribution in [0.1, 0.15) is 22.0 Å². The van der Waals surface area contributed by atoms with Gasteiger partial charge in [0.25, 0.3) is 5.24 Å². The molecule has 1 heterocycles. The highest BCUT2D eigenvalue weighted by Gasteiger charge is 2.44. The zero-order valence-electron chi connectivity index (χ0n) is 15.6. The van der Waals surface area contributed by atoms with Crippen LogP contribution in [0.15, 0.2) is 52.0 Å². The Bertz CT molecular complexity index is 1200. The van der Waals surface area contributed by atoms with Gasteiger partial charge in [-0.05, 0) is 41.9 Å². The number of nitrogens with one attached hydrogen (secondary N) is 1. The average molecular weight is 507 g/mol. The van der Waals surface area contributed by atoms with Gasteiger partial charge in [-0.15, -0.1) is 0 Å². The van der Waals surface area contributed by atoms with Gasteiger partial charge in [0.05, 0.1) is 16.3 Å². The first-order valence-corrected chi connectivity index (χ1v) is 9.73. The van der Waals surface area contributed by atoms with E-state index in [-0.39, 0.29) is 15.7 Å². The zero-order valence-corrected chi connectivity index (χ0v) is 17.8. The molecule has 0 saturated heterocycles. The summed E-state index contributed by atoms with van der Waals surface area (Å²) in [6, 6.07) is 8.83. The van der Waals surface area contributed by atoms with E-state index in [1.807, 2.05) is 0 Å². The molecule has 0 aliphatic heterocycles. The molecular formula is C20H10Cl3F4N3O2. The number of benzene rings is 2. The van der Waals surface area contributed by atoms with Gasteiger partial charge < -0.3 is 9.93 Å². The van der Waals surface area contributed by atoms with Crippen LogP contribution in [0, 0.1) is 11.2 Å². The average Bonchev–Trinajstić information content (AvgIpc) is 3.12. The lowest BCUT2D eigenvalue weighted by molar-refractivity contribution is -0.0607. The highest BCUT2D eigenvalue weighted by atomic mass is 35.5. The van der Waals surface area contributed by atoms with Crippen molar-refractivity contribution in [2.45, 2.75) is 12.1 Å². The molecule has 1 atom stereocenters. The molecule has 0 aliphatic rings. The summed E-state index contributed by atoms with van der Waals surface area (Å²) in [7, 11) is 0. The molecule has 1 unspecified atom stereocenters. The molecular weight excluding hydrogens is 497 g/mol. The van der Waals surface area contributed by atoms with Crippen molar-refractivity contribution in [2.75, 3.05) is 0 Å². The molecule has 2 aromatic carbocycles. The number of carbonyl (C=O) groups excluding carboxylic acids is 1. The number of carbonyl (C=O) groups is 1. The number of aliphatic imine (C=N–C) groups is 1. The highest BCUT2D eigenvalue weighted by Crippen LogP contribution is 2.39. The van der Waals surface area contributed by atoms with Crippen LogP contribution >= 0.6 is 34.8 Å². The predicted octanol–water partition coefficient (Wildman–Crippen LogP) is 7.23. The predicted molar refractivity (Wildman–Crippen MR) is 113 cm³/mol. The third-order valence-electron chi connectivity index (χ3n) is 4.21. The molecule has 12 heteroatoms. The SMILES string of the molecule is N=CC(C(=Nc1cccc(Cl)c1)C(F)(F)F)c1onc(-c2c(F)cccc2Cl)c1C(=O)Cl. The Hall–Kier alpha value is -2.75. The maximum Gasteiger partial charge on any atom is 0.430 e. The molecule has 0 saturated carbocycles. The summed E-state index contributed by atoms with van der Waals surface area (Å²) >= 11 is 17.4. The smallest absolute Gasteiger partial charge is 0.359 e. The van der Waals surface area contributed by atoms with E-state index in [0.29, 0.717) is 6.21 Å². The molecule has 3 aromatic rings. The van der Waals surface area contributed by atoms with E-state index in [4.69, 9.17) is 44.7 Å². The lowest BCUT2D eigenvalue weighted by atomic mass is 9.95. The van der Waals surface area contributed by atoms with Crippen molar-refractivity contribution in [3.8, 4) is 11.3 Å². The molecule has 0 amide bonds. The van der Waals surface area contributed by atoms with E-state index in [2.05, 4.69) is 10.1 Å². The number of aromatic nitrogens is 1. The third-order valence-corrected chi connectivity index (χ3v) is 4.95. The van der Waals surface area contributed by atoms with E-state index in [1.54, 1.807) is 0 Å². The van der Waals surface area contributed by atoms with Crippen molar-refractivity contribution in [1.29, 1.82) is 5.41 Å². The largest absolute Gasteiger partial charge is 0.430 e. The van der Waals surface area contributed by atoms with Crippen LogP contribution in [0.2, 0.25) is 10.0 Å². The maximum absolute atomic E-state index is 14.4. The Balaban J connectivity index is 2.25. The van der Waals surface area contributed by atoms with Gasteiger partial charge in [0.15, 0.2) is 5.76 Å². The molecule has 0 radical (unpaired) electrons. The first-order chi connectivity index (χ1) is 15.0. The first kappa shape index (κ1) is 23.9. The number of hydrogen-bond donors (Lipinski definition) is 1. The number of hydrogen-bond acceptors (Lipinski definition) is 5. The van der Waals surface area contributed by atoms with Gasteiger partial charge in [-0.3, -0.25) is 4.79 Å². The Morgan fingerprint density at radius 2 is 1.88 bits per heavy atom. The zero-order chi connectivity index (χ0) is 23.6. The highest BCUT2D eigenvalue weighted by molar-refractivity contribution is 6.68. The van der Waals surface area contributed by atoms with Gasteiger partial charge in [-0.2, -0.15) is 13.2 Å². The second kappa shape index (κ2) is 9.40. The summed E-state index contributed by atoms with van der Waals surface area (Å²) in [5, 5.41) is 9.77. The minimum atomic E-state index is -5.06. The van der Waals surface area contributed by atoms with Crippen molar-refractivity contribution < 1.29 is 26.9 Å². The molecule has 0 bridgehead atoms. The Labute approximate surface area is 193 Å². The van der Waals surface area contributed by atoms with Gasteiger partial charge in [-0.1, -0.05) is 40.5 Å². The van der Waals surface area contributed by atoms with Crippen molar-refractivity contribution in [3.05, 3.63) is 69.7 Å². The van der Waals surface area contributed by atoms with Crippen LogP contribution in [-0.4, -0.2) is 28.5 Å². The fourth-order valence-corrected chi connectivity index (χ4v) is 3.49. The van der Waals surface area contributed by atoms with Crippen LogP contribution in [0.3, 0.4) is 0 Å². The van der Waals surface area contributed by atoms with E-state index in [1.165, 1.54) is 36.4 Å². The number of nitrogens with zero attached hydrogens (tertiary/aromatic N) is 2. The van der Waals surface area contributed by atoms with Crippen LogP contribution < -0.4 is 0 Å². The fourth-order valence-electron chi connectivity index (χ4n) is 2.87. The first-order valence-electron chi connectivity index (χ1n) is 8.60. The Morgan fingerprint density at radius 1 is 1.19 bits per heavy atom. The molecule has 0 spiro atoms. The lowest BCUT2D eigenvalue weighted by Gasteiger charge is -2.16. The maximum atomic E-state index is 14.4. The summed E-state index contributed by atoms with van der Waals surface area (Å²) in [5.41, 5.74) is -3.23. The number of halogens is 7. The van der Waals surface area contributed by atoms with Crippen LogP contribution in [0.25, 0.3) is 11.3 Å². The van der Waals surface area contributed by atoms with E-state index in [9.17, 15) is 22.4 Å². The van der Waals surface area contributed by atoms with Crippen LogP contribution in [0.4, 0.5) is 23.2 Å². The van der Waals surface area contributed by atoms with Crippen molar-refractivity contribution in [1.82, 2.24) is 5.16 Å². The summed E-state index contributed by atoms with van der Waals surface area (Å²) in [5.74, 6) is -3.68. The molecule has 5 nitrogen and oxygen atoms in total. The molecule has 0 aliphatic carbocycles. The summed E-state index contributed by atoms with van der Waals surface area (Å²) in [6.07, 6.45) is -4.70. The molecule has 166 valence electrons. The van der Waals surface area contributed by atoms with E-state index >= 15 is 0 Å². The molecule has 1 aromatic heterocycles. The van der Waals surface area contributed by atoms with Gasteiger partial charge in [0.2, 0.25) is 0 Å². The normalized spacial score (nSPS) is 13.2. The summed E-state index contributed by atoms with van der Waals surface area (Å²) in [4.78, 5) is 15.7. The van der Waals surface area contributed by atoms with Gasteiger partial charge >= 0.3 is 6.18 Å². The van der Waals surface area contributed by atoms with Crippen molar-refractivity contribution in [2.24, 2.45) is 4.99 Å².